The smallest absolute Gasteiger partial charge is 0.275 e. The van der Waals surface area contributed by atoms with Crippen molar-refractivity contribution in [3.8, 4) is 11.5 Å². The number of nitrogens with one attached hydrogen (secondary N) is 1. The van der Waals surface area contributed by atoms with Gasteiger partial charge < -0.3 is 14.8 Å². The minimum Gasteiger partial charge on any atom is -0.495 e. The van der Waals surface area contributed by atoms with Crippen LogP contribution in [0.25, 0.3) is 0 Å². The van der Waals surface area contributed by atoms with Crippen molar-refractivity contribution in [1.29, 1.82) is 0 Å². The van der Waals surface area contributed by atoms with Crippen molar-refractivity contribution in [1.82, 2.24) is 4.98 Å². The zero-order valence-corrected chi connectivity index (χ0v) is 13.7. The molecule has 0 radical (unpaired) electrons. The van der Waals surface area contributed by atoms with Crippen molar-refractivity contribution in [3.63, 3.8) is 0 Å². The van der Waals surface area contributed by atoms with Crippen LogP contribution in [-0.2, 0) is 0 Å². The van der Waals surface area contributed by atoms with Gasteiger partial charge in [0.15, 0.2) is 0 Å². The van der Waals surface area contributed by atoms with Crippen LogP contribution in [0.15, 0.2) is 34.9 Å². The molecule has 1 heterocycles. The number of hydrogen-bond acceptors (Lipinski definition) is 4. The van der Waals surface area contributed by atoms with Gasteiger partial charge in [0, 0.05) is 16.7 Å². The third-order valence-corrected chi connectivity index (χ3v) is 3.63. The number of halogens is 2. The van der Waals surface area contributed by atoms with Gasteiger partial charge in [-0.25, -0.2) is 4.98 Å². The average Bonchev–Trinajstić information content (AvgIpc) is 2.48. The van der Waals surface area contributed by atoms with E-state index in [-0.39, 0.29) is 11.6 Å². The van der Waals surface area contributed by atoms with E-state index in [1.807, 2.05) is 0 Å². The molecule has 21 heavy (non-hydrogen) atoms. The van der Waals surface area contributed by atoms with Crippen molar-refractivity contribution >= 4 is 39.1 Å². The Labute approximate surface area is 135 Å². The molecule has 5 nitrogen and oxygen atoms in total. The van der Waals surface area contributed by atoms with Crippen LogP contribution >= 0.6 is 27.5 Å². The number of nitrogens with zero attached hydrogens (tertiary/aromatic N) is 1. The number of carbonyl (C=O) groups excluding carboxylic acids is 1. The number of methoxy groups -OCH3 is 2. The summed E-state index contributed by atoms with van der Waals surface area (Å²) in [7, 11) is 3.00. The van der Waals surface area contributed by atoms with Gasteiger partial charge in [-0.1, -0.05) is 11.6 Å². The standard InChI is InChI=1S/C14H12BrClN2O3/c1-20-11-7-12(21-2)10(6-9(11)16)18-14(19)13-8(15)4-3-5-17-13/h3-7H,1-2H3,(H,18,19). The maximum Gasteiger partial charge on any atom is 0.275 e. The minimum absolute atomic E-state index is 0.270. The maximum absolute atomic E-state index is 12.2. The molecule has 0 aliphatic carbocycles. The molecule has 1 amide bonds. The molecule has 0 aliphatic rings. The van der Waals surface area contributed by atoms with Crippen LogP contribution in [0.2, 0.25) is 5.02 Å². The van der Waals surface area contributed by atoms with Gasteiger partial charge in [0.05, 0.1) is 24.9 Å². The number of carbonyl (C=O) groups is 1. The summed E-state index contributed by atoms with van der Waals surface area (Å²) >= 11 is 9.34. The van der Waals surface area contributed by atoms with Crippen LogP contribution in [0.4, 0.5) is 5.69 Å². The second-order valence-corrected chi connectivity index (χ2v) is 5.24. The van der Waals surface area contributed by atoms with E-state index in [1.165, 1.54) is 20.4 Å². The van der Waals surface area contributed by atoms with E-state index in [9.17, 15) is 4.79 Å². The van der Waals surface area contributed by atoms with Crippen molar-refractivity contribution in [3.05, 3.63) is 45.7 Å². The van der Waals surface area contributed by atoms with Crippen molar-refractivity contribution < 1.29 is 14.3 Å². The number of aromatic nitrogens is 1. The first-order chi connectivity index (χ1) is 10.1. The monoisotopic (exact) mass is 370 g/mol. The highest BCUT2D eigenvalue weighted by Crippen LogP contribution is 2.36. The molecular formula is C14H12BrClN2O3. The van der Waals surface area contributed by atoms with Crippen molar-refractivity contribution in [2.45, 2.75) is 0 Å². The summed E-state index contributed by atoms with van der Waals surface area (Å²) in [6, 6.07) is 6.63. The SMILES string of the molecule is COc1cc(OC)c(NC(=O)c2ncccc2Br)cc1Cl. The molecule has 1 aromatic carbocycles. The van der Waals surface area contributed by atoms with Gasteiger partial charge in [-0.3, -0.25) is 4.79 Å². The highest BCUT2D eigenvalue weighted by molar-refractivity contribution is 9.10. The van der Waals surface area contributed by atoms with Gasteiger partial charge in [0.25, 0.3) is 5.91 Å². The van der Waals surface area contributed by atoms with Crippen LogP contribution in [0.3, 0.4) is 0 Å². The van der Waals surface area contributed by atoms with Crippen molar-refractivity contribution in [2.24, 2.45) is 0 Å². The molecule has 0 saturated heterocycles. The lowest BCUT2D eigenvalue weighted by molar-refractivity contribution is 0.102. The number of amides is 1. The molecule has 0 bridgehead atoms. The summed E-state index contributed by atoms with van der Waals surface area (Å²) in [6.45, 7) is 0. The Morgan fingerprint density at radius 3 is 2.62 bits per heavy atom. The Balaban J connectivity index is 2.33. The quantitative estimate of drug-likeness (QED) is 0.889. The Bertz CT molecular complexity index is 679. The molecule has 0 atom stereocenters. The van der Waals surface area contributed by atoms with Crippen LogP contribution in [0, 0.1) is 0 Å². The van der Waals surface area contributed by atoms with E-state index < -0.39 is 0 Å². The lowest BCUT2D eigenvalue weighted by Crippen LogP contribution is -2.15. The van der Waals surface area contributed by atoms with E-state index in [4.69, 9.17) is 21.1 Å². The second-order valence-electron chi connectivity index (χ2n) is 3.97. The first-order valence-corrected chi connectivity index (χ1v) is 7.07. The van der Waals surface area contributed by atoms with Crippen molar-refractivity contribution in [2.75, 3.05) is 19.5 Å². The molecule has 0 spiro atoms. The third kappa shape index (κ3) is 3.46. The van der Waals surface area contributed by atoms with Gasteiger partial charge >= 0.3 is 0 Å². The van der Waals surface area contributed by atoms with E-state index in [0.29, 0.717) is 26.7 Å². The topological polar surface area (TPSA) is 60.5 Å². The van der Waals surface area contributed by atoms with Crippen LogP contribution in [0.5, 0.6) is 11.5 Å². The van der Waals surface area contributed by atoms with E-state index in [1.54, 1.807) is 24.3 Å². The normalized spacial score (nSPS) is 10.1. The lowest BCUT2D eigenvalue weighted by Gasteiger charge is -2.13. The molecule has 2 aromatic rings. The van der Waals surface area contributed by atoms with E-state index in [2.05, 4.69) is 26.2 Å². The summed E-state index contributed by atoms with van der Waals surface area (Å²) in [6.07, 6.45) is 1.54. The summed E-state index contributed by atoms with van der Waals surface area (Å²) in [5, 5.41) is 3.08. The number of ether oxygens (including phenoxy) is 2. The molecular weight excluding hydrogens is 360 g/mol. The molecule has 110 valence electrons. The maximum atomic E-state index is 12.2. The molecule has 7 heteroatoms. The van der Waals surface area contributed by atoms with Crippen LogP contribution in [0.1, 0.15) is 10.5 Å². The average molecular weight is 372 g/mol. The summed E-state index contributed by atoms with van der Waals surface area (Å²) in [4.78, 5) is 16.3. The first-order valence-electron chi connectivity index (χ1n) is 5.90. The first kappa shape index (κ1) is 15.6. The molecule has 0 saturated carbocycles. The molecule has 1 N–H and O–H groups in total. The fourth-order valence-corrected chi connectivity index (χ4v) is 2.37. The number of anilines is 1. The Morgan fingerprint density at radius 2 is 2.00 bits per heavy atom. The fraction of sp³-hybridized carbons (Fsp3) is 0.143. The van der Waals surface area contributed by atoms with Gasteiger partial charge in [0.1, 0.15) is 17.2 Å². The van der Waals surface area contributed by atoms with Crippen LogP contribution in [-0.4, -0.2) is 25.1 Å². The molecule has 0 fully saturated rings. The highest BCUT2D eigenvalue weighted by atomic mass is 79.9. The van der Waals surface area contributed by atoms with Gasteiger partial charge in [-0.15, -0.1) is 0 Å². The summed E-state index contributed by atoms with van der Waals surface area (Å²) < 4.78 is 10.9. The molecule has 0 aliphatic heterocycles. The largest absolute Gasteiger partial charge is 0.495 e. The number of benzene rings is 1. The minimum atomic E-state index is -0.373. The zero-order chi connectivity index (χ0) is 15.4. The molecule has 0 unspecified atom stereocenters. The zero-order valence-electron chi connectivity index (χ0n) is 11.3. The predicted molar refractivity (Wildman–Crippen MR) is 84.4 cm³/mol. The molecule has 1 aromatic heterocycles. The Morgan fingerprint density at radius 1 is 1.29 bits per heavy atom. The predicted octanol–water partition coefficient (Wildman–Crippen LogP) is 3.77. The second kappa shape index (κ2) is 6.78. The molecule has 2 rings (SSSR count). The Hall–Kier alpha value is -1.79. The summed E-state index contributed by atoms with van der Waals surface area (Å²) in [5.74, 6) is 0.532. The fourth-order valence-electron chi connectivity index (χ4n) is 1.69. The number of rotatable bonds is 4. The highest BCUT2D eigenvalue weighted by Gasteiger charge is 2.16. The van der Waals surface area contributed by atoms with Crippen LogP contribution < -0.4 is 14.8 Å². The number of hydrogen-bond donors (Lipinski definition) is 1. The van der Waals surface area contributed by atoms with Gasteiger partial charge in [0.2, 0.25) is 0 Å². The van der Waals surface area contributed by atoms with Gasteiger partial charge in [-0.2, -0.15) is 0 Å². The number of pyridine rings is 1. The lowest BCUT2D eigenvalue weighted by atomic mass is 10.2. The Kier molecular flexibility index (Phi) is 5.03. The van der Waals surface area contributed by atoms with E-state index in [0.717, 1.165) is 0 Å². The third-order valence-electron chi connectivity index (χ3n) is 2.70. The van der Waals surface area contributed by atoms with E-state index >= 15 is 0 Å². The summed E-state index contributed by atoms with van der Waals surface area (Å²) in [5.41, 5.74) is 0.706. The van der Waals surface area contributed by atoms with Gasteiger partial charge in [-0.05, 0) is 34.1 Å².